The summed E-state index contributed by atoms with van der Waals surface area (Å²) in [5.41, 5.74) is 5.33. The fourth-order valence-corrected chi connectivity index (χ4v) is 4.49. The van der Waals surface area contributed by atoms with Crippen LogP contribution in [0.4, 0.5) is 4.39 Å². The van der Waals surface area contributed by atoms with E-state index in [-0.39, 0.29) is 11.4 Å². The van der Waals surface area contributed by atoms with Crippen molar-refractivity contribution < 1.29 is 12.8 Å². The standard InChI is InChI=1S/C14H21FN2O2S/c1-17(14(11-16)8-3-2-4-9-14)20(18,19)13-7-5-6-12(15)10-13/h5-7,10H,2-4,8-9,11,16H2,1H3. The molecule has 0 bridgehead atoms. The smallest absolute Gasteiger partial charge is 0.243 e. The molecule has 4 nitrogen and oxygen atoms in total. The molecule has 0 aromatic heterocycles. The van der Waals surface area contributed by atoms with Gasteiger partial charge < -0.3 is 5.73 Å². The summed E-state index contributed by atoms with van der Waals surface area (Å²) < 4.78 is 39.9. The molecule has 0 atom stereocenters. The molecule has 20 heavy (non-hydrogen) atoms. The third kappa shape index (κ3) is 2.73. The summed E-state index contributed by atoms with van der Waals surface area (Å²) in [5, 5.41) is 0. The Morgan fingerprint density at radius 2 is 1.95 bits per heavy atom. The van der Waals surface area contributed by atoms with Gasteiger partial charge in [-0.15, -0.1) is 0 Å². The van der Waals surface area contributed by atoms with Crippen LogP contribution in [-0.2, 0) is 10.0 Å². The maximum Gasteiger partial charge on any atom is 0.243 e. The fourth-order valence-electron chi connectivity index (χ4n) is 2.90. The molecule has 6 heteroatoms. The second-order valence-electron chi connectivity index (χ2n) is 5.42. The SMILES string of the molecule is CN(C1(CN)CCCCC1)S(=O)(=O)c1cccc(F)c1. The quantitative estimate of drug-likeness (QED) is 0.926. The van der Waals surface area contributed by atoms with Crippen molar-refractivity contribution in [1.29, 1.82) is 0 Å². The van der Waals surface area contributed by atoms with E-state index in [1.54, 1.807) is 7.05 Å². The van der Waals surface area contributed by atoms with Gasteiger partial charge in [0.15, 0.2) is 0 Å². The minimum atomic E-state index is -3.72. The molecule has 0 spiro atoms. The first-order chi connectivity index (χ1) is 9.42. The monoisotopic (exact) mass is 300 g/mol. The molecule has 0 amide bonds. The van der Waals surface area contributed by atoms with Crippen LogP contribution in [0.3, 0.4) is 0 Å². The van der Waals surface area contributed by atoms with Crippen LogP contribution in [0.25, 0.3) is 0 Å². The average molecular weight is 300 g/mol. The van der Waals surface area contributed by atoms with Crippen LogP contribution in [0, 0.1) is 5.82 Å². The molecule has 0 unspecified atom stereocenters. The molecule has 0 heterocycles. The zero-order valence-corrected chi connectivity index (χ0v) is 12.5. The molecule has 1 aliphatic carbocycles. The Labute approximate surface area is 119 Å². The third-order valence-corrected chi connectivity index (χ3v) is 6.24. The Hall–Kier alpha value is -0.980. The lowest BCUT2D eigenvalue weighted by Gasteiger charge is -2.42. The zero-order chi connectivity index (χ0) is 14.8. The van der Waals surface area contributed by atoms with Crippen LogP contribution >= 0.6 is 0 Å². The van der Waals surface area contributed by atoms with Gasteiger partial charge in [-0.1, -0.05) is 25.3 Å². The van der Waals surface area contributed by atoms with E-state index in [4.69, 9.17) is 5.73 Å². The average Bonchev–Trinajstić information content (AvgIpc) is 2.47. The van der Waals surface area contributed by atoms with E-state index >= 15 is 0 Å². The summed E-state index contributed by atoms with van der Waals surface area (Å²) in [6, 6.07) is 5.12. The maximum atomic E-state index is 13.3. The van der Waals surface area contributed by atoms with Crippen molar-refractivity contribution in [2.24, 2.45) is 5.73 Å². The second-order valence-corrected chi connectivity index (χ2v) is 7.39. The molecule has 0 aliphatic heterocycles. The zero-order valence-electron chi connectivity index (χ0n) is 11.7. The lowest BCUT2D eigenvalue weighted by atomic mass is 9.82. The van der Waals surface area contributed by atoms with Gasteiger partial charge in [-0.25, -0.2) is 12.8 Å². The number of benzene rings is 1. The van der Waals surface area contributed by atoms with Gasteiger partial charge in [0.25, 0.3) is 0 Å². The highest BCUT2D eigenvalue weighted by atomic mass is 32.2. The van der Waals surface area contributed by atoms with Crippen LogP contribution < -0.4 is 5.73 Å². The molecular weight excluding hydrogens is 279 g/mol. The Bertz CT molecular complexity index is 568. The Morgan fingerprint density at radius 3 is 2.50 bits per heavy atom. The summed E-state index contributed by atoms with van der Waals surface area (Å²) in [4.78, 5) is -0.0154. The van der Waals surface area contributed by atoms with Gasteiger partial charge in [0.1, 0.15) is 5.82 Å². The van der Waals surface area contributed by atoms with Gasteiger partial charge in [0, 0.05) is 19.1 Å². The van der Waals surface area contributed by atoms with Crippen LogP contribution in [0.5, 0.6) is 0 Å². The molecular formula is C14H21FN2O2S. The number of rotatable bonds is 4. The lowest BCUT2D eigenvalue weighted by molar-refractivity contribution is 0.159. The first-order valence-corrected chi connectivity index (χ1v) is 8.31. The minimum absolute atomic E-state index is 0.0154. The molecule has 1 aromatic carbocycles. The predicted octanol–water partition coefficient (Wildman–Crippen LogP) is 2.11. The number of hydrogen-bond acceptors (Lipinski definition) is 3. The molecule has 1 fully saturated rings. The minimum Gasteiger partial charge on any atom is -0.329 e. The topological polar surface area (TPSA) is 63.4 Å². The van der Waals surface area contributed by atoms with E-state index in [9.17, 15) is 12.8 Å². The molecule has 0 saturated heterocycles. The molecule has 1 saturated carbocycles. The van der Waals surface area contributed by atoms with Crippen LogP contribution in [0.1, 0.15) is 32.1 Å². The van der Waals surface area contributed by atoms with E-state index in [0.717, 1.165) is 38.2 Å². The summed E-state index contributed by atoms with van der Waals surface area (Å²) in [6.07, 6.45) is 4.57. The molecule has 0 radical (unpaired) electrons. The number of sulfonamides is 1. The summed E-state index contributed by atoms with van der Waals surface area (Å²) in [6.45, 7) is 0.290. The Morgan fingerprint density at radius 1 is 1.30 bits per heavy atom. The van der Waals surface area contributed by atoms with E-state index in [1.807, 2.05) is 0 Å². The van der Waals surface area contributed by atoms with Gasteiger partial charge in [-0.3, -0.25) is 0 Å². The summed E-state index contributed by atoms with van der Waals surface area (Å²) in [5.74, 6) is -0.551. The van der Waals surface area contributed by atoms with Gasteiger partial charge in [0.05, 0.1) is 4.90 Å². The fraction of sp³-hybridized carbons (Fsp3) is 0.571. The van der Waals surface area contributed by atoms with Gasteiger partial charge in [-0.05, 0) is 31.0 Å². The highest BCUT2D eigenvalue weighted by molar-refractivity contribution is 7.89. The summed E-state index contributed by atoms with van der Waals surface area (Å²) >= 11 is 0. The van der Waals surface area contributed by atoms with Crippen LogP contribution in [-0.4, -0.2) is 31.9 Å². The van der Waals surface area contributed by atoms with Crippen LogP contribution in [0.15, 0.2) is 29.2 Å². The van der Waals surface area contributed by atoms with Crippen molar-refractivity contribution in [3.63, 3.8) is 0 Å². The molecule has 1 aliphatic rings. The normalized spacial score (nSPS) is 19.2. The Balaban J connectivity index is 2.37. The second kappa shape index (κ2) is 5.79. The van der Waals surface area contributed by atoms with Crippen molar-refractivity contribution >= 4 is 10.0 Å². The largest absolute Gasteiger partial charge is 0.329 e. The first kappa shape index (κ1) is 15.4. The van der Waals surface area contributed by atoms with Crippen molar-refractivity contribution in [2.75, 3.05) is 13.6 Å². The van der Waals surface area contributed by atoms with Crippen molar-refractivity contribution in [1.82, 2.24) is 4.31 Å². The molecule has 2 N–H and O–H groups in total. The third-order valence-electron chi connectivity index (χ3n) is 4.29. The first-order valence-electron chi connectivity index (χ1n) is 6.87. The highest BCUT2D eigenvalue weighted by Gasteiger charge is 2.41. The number of likely N-dealkylation sites (N-methyl/N-ethyl adjacent to an activating group) is 1. The molecule has 112 valence electrons. The van der Waals surface area contributed by atoms with Crippen molar-refractivity contribution in [2.45, 2.75) is 42.5 Å². The van der Waals surface area contributed by atoms with E-state index < -0.39 is 21.4 Å². The molecule has 1 aromatic rings. The number of nitrogens with two attached hydrogens (primary N) is 1. The predicted molar refractivity (Wildman–Crippen MR) is 76.2 cm³/mol. The summed E-state index contributed by atoms with van der Waals surface area (Å²) in [7, 11) is -2.16. The van der Waals surface area contributed by atoms with Gasteiger partial charge in [-0.2, -0.15) is 4.31 Å². The lowest BCUT2D eigenvalue weighted by Crippen LogP contribution is -2.55. The highest BCUT2D eigenvalue weighted by Crippen LogP contribution is 2.35. The number of nitrogens with zero attached hydrogens (tertiary/aromatic N) is 1. The van der Waals surface area contributed by atoms with Crippen molar-refractivity contribution in [3.05, 3.63) is 30.1 Å². The van der Waals surface area contributed by atoms with Crippen molar-refractivity contribution in [3.8, 4) is 0 Å². The number of halogens is 1. The Kier molecular flexibility index (Phi) is 4.46. The van der Waals surface area contributed by atoms with E-state index in [1.165, 1.54) is 22.5 Å². The van der Waals surface area contributed by atoms with E-state index in [0.29, 0.717) is 0 Å². The van der Waals surface area contributed by atoms with E-state index in [2.05, 4.69) is 0 Å². The van der Waals surface area contributed by atoms with Gasteiger partial charge >= 0.3 is 0 Å². The maximum absolute atomic E-state index is 13.3. The molecule has 2 rings (SSSR count). The number of hydrogen-bond donors (Lipinski definition) is 1. The van der Waals surface area contributed by atoms with Crippen LogP contribution in [0.2, 0.25) is 0 Å². The van der Waals surface area contributed by atoms with Gasteiger partial charge in [0.2, 0.25) is 10.0 Å².